The average molecular weight is 329 g/mol. The number of hydrogen-bond acceptors (Lipinski definition) is 4. The van der Waals surface area contributed by atoms with E-state index in [2.05, 4.69) is 15.6 Å². The number of carbonyl (C=O) groups excluding carboxylic acids is 3. The highest BCUT2D eigenvalue weighted by atomic mass is 16.2. The molecule has 1 saturated heterocycles. The number of aryl methyl sites for hydroxylation is 1. The summed E-state index contributed by atoms with van der Waals surface area (Å²) in [6, 6.07) is 5.42. The first-order valence-electron chi connectivity index (χ1n) is 8.17. The second kappa shape index (κ2) is 5.13. The van der Waals surface area contributed by atoms with Crippen LogP contribution in [0.4, 0.5) is 5.82 Å². The first kappa shape index (κ1) is 16.6. The number of aromatic nitrogens is 1. The summed E-state index contributed by atoms with van der Waals surface area (Å²) in [7, 11) is 0. The van der Waals surface area contributed by atoms with E-state index in [0.29, 0.717) is 25.1 Å². The van der Waals surface area contributed by atoms with Crippen molar-refractivity contribution in [1.82, 2.24) is 10.3 Å². The number of anilines is 1. The molecule has 2 aliphatic rings. The molecule has 0 spiro atoms. The second-order valence-electron chi connectivity index (χ2n) is 8.11. The molecule has 0 aromatic carbocycles. The highest BCUT2D eigenvalue weighted by molar-refractivity contribution is 6.05. The molecule has 1 aromatic heterocycles. The molecular weight excluding hydrogens is 306 g/mol. The van der Waals surface area contributed by atoms with Crippen molar-refractivity contribution >= 4 is 23.5 Å². The fraction of sp³-hybridized carbons (Fsp3) is 0.556. The smallest absolute Gasteiger partial charge is 0.232 e. The van der Waals surface area contributed by atoms with Gasteiger partial charge in [-0.1, -0.05) is 26.8 Å². The van der Waals surface area contributed by atoms with Gasteiger partial charge in [0.1, 0.15) is 5.82 Å². The molecule has 2 bridgehead atoms. The van der Waals surface area contributed by atoms with Crippen LogP contribution in [-0.4, -0.2) is 22.7 Å². The number of fused-ring (bicyclic) bond motifs is 2. The van der Waals surface area contributed by atoms with E-state index in [9.17, 15) is 14.4 Å². The Morgan fingerprint density at radius 1 is 1.08 bits per heavy atom. The van der Waals surface area contributed by atoms with Gasteiger partial charge >= 0.3 is 0 Å². The van der Waals surface area contributed by atoms with Crippen LogP contribution in [0.1, 0.15) is 45.7 Å². The van der Waals surface area contributed by atoms with Gasteiger partial charge in [-0.05, 0) is 38.3 Å². The quantitative estimate of drug-likeness (QED) is 0.814. The third kappa shape index (κ3) is 2.60. The van der Waals surface area contributed by atoms with E-state index >= 15 is 0 Å². The summed E-state index contributed by atoms with van der Waals surface area (Å²) < 4.78 is 0. The lowest BCUT2D eigenvalue weighted by Crippen LogP contribution is -2.63. The van der Waals surface area contributed by atoms with Crippen LogP contribution in [0.25, 0.3) is 0 Å². The first-order chi connectivity index (χ1) is 11.1. The number of hydrogen-bond donors (Lipinski definition) is 2. The standard InChI is InChI=1S/C18H23N3O3/c1-11-6-5-7-12(19-11)20-13(22)16(2)8-17(3)10-18(4,9-16)15(24)21-14(17)23/h5-7H,8-10H2,1-4H3,(H,19,20,22)(H,21,23,24). The molecule has 6 nitrogen and oxygen atoms in total. The SMILES string of the molecule is Cc1cccc(NC(=O)C2(C)CC3(C)CC(C)(C2)C(=O)NC3=O)n1. The molecule has 3 rings (SSSR count). The van der Waals surface area contributed by atoms with Gasteiger partial charge in [-0.25, -0.2) is 4.98 Å². The van der Waals surface area contributed by atoms with Gasteiger partial charge in [0.15, 0.2) is 0 Å². The molecule has 3 amide bonds. The van der Waals surface area contributed by atoms with Crippen molar-refractivity contribution in [3.05, 3.63) is 23.9 Å². The minimum Gasteiger partial charge on any atom is -0.310 e. The van der Waals surface area contributed by atoms with Crippen LogP contribution in [0.3, 0.4) is 0 Å². The zero-order chi connectivity index (χ0) is 17.8. The van der Waals surface area contributed by atoms with Gasteiger partial charge in [-0.3, -0.25) is 19.7 Å². The Morgan fingerprint density at radius 3 is 2.21 bits per heavy atom. The van der Waals surface area contributed by atoms with Crippen LogP contribution < -0.4 is 10.6 Å². The monoisotopic (exact) mass is 329 g/mol. The zero-order valence-corrected chi connectivity index (χ0v) is 14.5. The summed E-state index contributed by atoms with van der Waals surface area (Å²) in [5.41, 5.74) is -1.42. The van der Waals surface area contributed by atoms with Crippen molar-refractivity contribution in [2.24, 2.45) is 16.2 Å². The summed E-state index contributed by atoms with van der Waals surface area (Å²) >= 11 is 0. The van der Waals surface area contributed by atoms with Gasteiger partial charge in [0.05, 0.1) is 0 Å². The first-order valence-corrected chi connectivity index (χ1v) is 8.17. The molecule has 1 aromatic rings. The van der Waals surface area contributed by atoms with Crippen molar-refractivity contribution in [3.63, 3.8) is 0 Å². The number of amides is 3. The number of pyridine rings is 1. The molecule has 24 heavy (non-hydrogen) atoms. The molecule has 1 aliphatic carbocycles. The molecule has 2 fully saturated rings. The number of piperidine rings is 1. The van der Waals surface area contributed by atoms with Gasteiger partial charge in [-0.2, -0.15) is 0 Å². The van der Waals surface area contributed by atoms with E-state index < -0.39 is 16.2 Å². The van der Waals surface area contributed by atoms with E-state index in [1.807, 2.05) is 39.8 Å². The molecule has 1 aliphatic heterocycles. The highest BCUT2D eigenvalue weighted by Gasteiger charge is 2.60. The zero-order valence-electron chi connectivity index (χ0n) is 14.5. The lowest BCUT2D eigenvalue weighted by atomic mass is 9.52. The van der Waals surface area contributed by atoms with Gasteiger partial charge in [0.25, 0.3) is 0 Å². The van der Waals surface area contributed by atoms with E-state index in [0.717, 1.165) is 5.69 Å². The Bertz CT molecular complexity index is 717. The maximum atomic E-state index is 12.9. The van der Waals surface area contributed by atoms with Gasteiger partial charge < -0.3 is 5.32 Å². The number of nitrogens with zero attached hydrogens (tertiary/aromatic N) is 1. The van der Waals surface area contributed by atoms with E-state index in [4.69, 9.17) is 0 Å². The van der Waals surface area contributed by atoms with Crippen molar-refractivity contribution in [3.8, 4) is 0 Å². The second-order valence-corrected chi connectivity index (χ2v) is 8.11. The molecule has 2 heterocycles. The number of carbonyl (C=O) groups is 3. The minimum absolute atomic E-state index is 0.194. The maximum Gasteiger partial charge on any atom is 0.232 e. The Hall–Kier alpha value is -2.24. The van der Waals surface area contributed by atoms with Crippen molar-refractivity contribution in [1.29, 1.82) is 0 Å². The molecular formula is C18H23N3O3. The average Bonchev–Trinajstić information content (AvgIpc) is 2.44. The third-order valence-electron chi connectivity index (χ3n) is 5.34. The van der Waals surface area contributed by atoms with Crippen LogP contribution in [0.15, 0.2) is 18.2 Å². The lowest BCUT2D eigenvalue weighted by molar-refractivity contribution is -0.163. The topological polar surface area (TPSA) is 88.2 Å². The Kier molecular flexibility index (Phi) is 3.55. The fourth-order valence-corrected chi connectivity index (χ4v) is 4.54. The van der Waals surface area contributed by atoms with Crippen molar-refractivity contribution < 1.29 is 14.4 Å². The summed E-state index contributed by atoms with van der Waals surface area (Å²) in [5, 5.41) is 5.33. The Morgan fingerprint density at radius 2 is 1.67 bits per heavy atom. The Labute approximate surface area is 141 Å². The third-order valence-corrected chi connectivity index (χ3v) is 5.34. The molecule has 128 valence electrons. The van der Waals surface area contributed by atoms with Crippen LogP contribution >= 0.6 is 0 Å². The predicted octanol–water partition coefficient (Wildman–Crippen LogP) is 2.19. The molecule has 2 unspecified atom stereocenters. The largest absolute Gasteiger partial charge is 0.310 e. The van der Waals surface area contributed by atoms with E-state index in [1.54, 1.807) is 6.07 Å². The van der Waals surface area contributed by atoms with E-state index in [1.165, 1.54) is 0 Å². The van der Waals surface area contributed by atoms with Crippen molar-refractivity contribution in [2.75, 3.05) is 5.32 Å². The molecule has 6 heteroatoms. The van der Waals surface area contributed by atoms with Crippen LogP contribution in [0.2, 0.25) is 0 Å². The van der Waals surface area contributed by atoms with Crippen LogP contribution in [0.5, 0.6) is 0 Å². The molecule has 2 atom stereocenters. The number of rotatable bonds is 2. The summed E-state index contributed by atoms with van der Waals surface area (Å²) in [5.74, 6) is -0.266. The van der Waals surface area contributed by atoms with Gasteiger partial charge in [0.2, 0.25) is 17.7 Å². The lowest BCUT2D eigenvalue weighted by Gasteiger charge is -2.53. The van der Waals surface area contributed by atoms with Gasteiger partial charge in [0, 0.05) is 21.9 Å². The van der Waals surface area contributed by atoms with Gasteiger partial charge in [-0.15, -0.1) is 0 Å². The predicted molar refractivity (Wildman–Crippen MR) is 88.9 cm³/mol. The minimum atomic E-state index is -0.805. The van der Waals surface area contributed by atoms with Crippen molar-refractivity contribution in [2.45, 2.75) is 47.0 Å². The van der Waals surface area contributed by atoms with Crippen LogP contribution in [-0.2, 0) is 14.4 Å². The summed E-state index contributed by atoms with van der Waals surface area (Å²) in [6.07, 6.45) is 1.30. The number of nitrogens with one attached hydrogen (secondary N) is 2. The van der Waals surface area contributed by atoms with Crippen LogP contribution in [0, 0.1) is 23.2 Å². The number of imide groups is 1. The fourth-order valence-electron chi connectivity index (χ4n) is 4.54. The maximum absolute atomic E-state index is 12.9. The summed E-state index contributed by atoms with van der Waals surface area (Å²) in [4.78, 5) is 41.9. The normalized spacial score (nSPS) is 35.3. The Balaban J connectivity index is 1.90. The molecule has 1 saturated carbocycles. The summed E-state index contributed by atoms with van der Waals surface area (Å²) in [6.45, 7) is 7.36. The van der Waals surface area contributed by atoms with E-state index in [-0.39, 0.29) is 17.7 Å². The highest BCUT2D eigenvalue weighted by Crippen LogP contribution is 2.56. The molecule has 0 radical (unpaired) electrons. The molecule has 2 N–H and O–H groups in total.